The normalized spacial score (nSPS) is 13.9. The van der Waals surface area contributed by atoms with Crippen LogP contribution in [0.4, 0.5) is 0 Å². The number of nitrogens with one attached hydrogen (secondary N) is 1. The lowest BCUT2D eigenvalue weighted by Crippen LogP contribution is -2.46. The Labute approximate surface area is 402 Å². The number of aliphatic hydroxyl groups excluding tert-OH is 2. The van der Waals surface area contributed by atoms with E-state index >= 15 is 0 Å². The summed E-state index contributed by atoms with van der Waals surface area (Å²) in [5.74, 6) is -0.559. The summed E-state index contributed by atoms with van der Waals surface area (Å²) in [5.41, 5.74) is 0. The predicted molar refractivity (Wildman–Crippen MR) is 282 cm³/mol. The van der Waals surface area contributed by atoms with Crippen LogP contribution >= 0.6 is 0 Å². The Bertz CT molecular complexity index is 1250. The lowest BCUT2D eigenvalue weighted by molar-refractivity contribution is -0.151. The van der Waals surface area contributed by atoms with Gasteiger partial charge in [-0.25, -0.2) is 0 Å². The first-order valence-electron chi connectivity index (χ1n) is 27.4. The highest BCUT2D eigenvalue weighted by molar-refractivity contribution is 5.77. The van der Waals surface area contributed by atoms with Gasteiger partial charge in [0.2, 0.25) is 5.91 Å². The van der Waals surface area contributed by atoms with E-state index in [0.29, 0.717) is 19.3 Å². The van der Waals surface area contributed by atoms with Gasteiger partial charge >= 0.3 is 5.97 Å². The van der Waals surface area contributed by atoms with Gasteiger partial charge in [-0.1, -0.05) is 260 Å². The van der Waals surface area contributed by atoms with Crippen molar-refractivity contribution in [1.82, 2.24) is 5.32 Å². The summed E-state index contributed by atoms with van der Waals surface area (Å²) in [6, 6.07) is -0.732. The highest BCUT2D eigenvalue weighted by atomic mass is 16.5. The average molecular weight is 906 g/mol. The van der Waals surface area contributed by atoms with Crippen molar-refractivity contribution in [2.75, 3.05) is 6.61 Å². The zero-order valence-electron chi connectivity index (χ0n) is 42.6. The molecule has 0 bridgehead atoms. The Morgan fingerprint density at radius 1 is 0.462 bits per heavy atom. The first-order valence-corrected chi connectivity index (χ1v) is 27.4. The van der Waals surface area contributed by atoms with E-state index in [1.54, 1.807) is 0 Å². The first-order chi connectivity index (χ1) is 32.0. The second-order valence-corrected chi connectivity index (χ2v) is 18.4. The topological polar surface area (TPSA) is 95.9 Å². The van der Waals surface area contributed by atoms with Gasteiger partial charge in [-0.3, -0.25) is 9.59 Å². The smallest absolute Gasteiger partial charge is 0.306 e. The Morgan fingerprint density at radius 3 is 1.32 bits per heavy atom. The summed E-state index contributed by atoms with van der Waals surface area (Å²) in [7, 11) is 0. The maximum atomic E-state index is 13.2. The molecular weight excluding hydrogens is 803 g/mol. The fourth-order valence-electron chi connectivity index (χ4n) is 7.99. The van der Waals surface area contributed by atoms with Crippen LogP contribution in [0.2, 0.25) is 0 Å². The lowest BCUT2D eigenvalue weighted by atomic mass is 10.0. The Morgan fingerprint density at radius 2 is 0.862 bits per heavy atom. The molecule has 65 heavy (non-hydrogen) atoms. The van der Waals surface area contributed by atoms with Crippen LogP contribution in [-0.4, -0.2) is 46.9 Å². The highest BCUT2D eigenvalue weighted by Crippen LogP contribution is 2.17. The summed E-state index contributed by atoms with van der Waals surface area (Å²) >= 11 is 0. The van der Waals surface area contributed by atoms with E-state index in [0.717, 1.165) is 64.2 Å². The van der Waals surface area contributed by atoms with Crippen molar-refractivity contribution in [3.63, 3.8) is 0 Å². The summed E-state index contributed by atoms with van der Waals surface area (Å²) in [6.45, 7) is 6.32. The van der Waals surface area contributed by atoms with Crippen molar-refractivity contribution in [2.24, 2.45) is 0 Å². The number of allylic oxidation sites excluding steroid dienone is 14. The standard InChI is InChI=1S/C59H103NO5/c1-4-7-10-13-16-19-22-25-28-31-34-37-40-43-46-49-52-59(64)65-55(50-47-44-41-38-35-32-29-26-23-20-17-14-11-8-5-2)53-58(63)60-56(54-61)57(62)51-48-45-42-39-36-33-30-27-24-21-18-15-12-9-6-3/h8,11,14,17,20,23,26,28-29,31-32,35,38,41,55-57,61-62H,4-7,9-10,12-13,15-16,18-19,21-22,24-25,27,30,33-34,36-37,39-40,42-54H2,1-3H3,(H,60,63)/b11-8-,17-14+,23-20+,29-26-,31-28+,35-32+,41-38+. The third kappa shape index (κ3) is 47.3. The number of unbranched alkanes of at least 4 members (excludes halogenated alkanes) is 27. The molecular formula is C59H103NO5. The van der Waals surface area contributed by atoms with Gasteiger partial charge in [-0.05, 0) is 64.2 Å². The fraction of sp³-hybridized carbons (Fsp3) is 0.729. The average Bonchev–Trinajstić information content (AvgIpc) is 3.30. The van der Waals surface area contributed by atoms with Gasteiger partial charge in [-0.15, -0.1) is 0 Å². The molecule has 0 aliphatic rings. The molecule has 6 heteroatoms. The van der Waals surface area contributed by atoms with Crippen LogP contribution < -0.4 is 5.32 Å². The predicted octanol–water partition coefficient (Wildman–Crippen LogP) is 16.7. The van der Waals surface area contributed by atoms with Gasteiger partial charge < -0.3 is 20.3 Å². The van der Waals surface area contributed by atoms with Gasteiger partial charge in [-0.2, -0.15) is 0 Å². The summed E-state index contributed by atoms with van der Waals surface area (Å²) < 4.78 is 5.90. The molecule has 6 nitrogen and oxygen atoms in total. The number of aliphatic hydroxyl groups is 2. The van der Waals surface area contributed by atoms with Crippen molar-refractivity contribution < 1.29 is 24.5 Å². The maximum absolute atomic E-state index is 13.2. The molecule has 0 aliphatic heterocycles. The van der Waals surface area contributed by atoms with E-state index in [1.165, 1.54) is 141 Å². The van der Waals surface area contributed by atoms with Crippen LogP contribution in [0.5, 0.6) is 0 Å². The quantitative estimate of drug-likeness (QED) is 0.0245. The van der Waals surface area contributed by atoms with Crippen molar-refractivity contribution in [2.45, 2.75) is 270 Å². The molecule has 0 heterocycles. The SMILES string of the molecule is CC\C=C/C=C/C=C/C=C\C=C\C=C\CCCC(CC(=O)NC(CO)C(O)CCCCCCCCCCCCCCCCC)OC(=O)CCCCCCC/C=C/CCCCCCCCC. The fourth-order valence-corrected chi connectivity index (χ4v) is 7.99. The maximum Gasteiger partial charge on any atom is 0.306 e. The zero-order valence-corrected chi connectivity index (χ0v) is 42.6. The lowest BCUT2D eigenvalue weighted by Gasteiger charge is -2.24. The third-order valence-electron chi connectivity index (χ3n) is 12.1. The summed E-state index contributed by atoms with van der Waals surface area (Å²) in [6.07, 6.45) is 67.9. The van der Waals surface area contributed by atoms with Crippen LogP contribution in [0.25, 0.3) is 0 Å². The summed E-state index contributed by atoms with van der Waals surface area (Å²) in [4.78, 5) is 26.2. The molecule has 3 unspecified atom stereocenters. The molecule has 0 spiro atoms. The monoisotopic (exact) mass is 906 g/mol. The molecule has 0 aromatic carbocycles. The molecule has 0 radical (unpaired) electrons. The van der Waals surface area contributed by atoms with E-state index in [-0.39, 0.29) is 24.9 Å². The van der Waals surface area contributed by atoms with Gasteiger partial charge in [0.1, 0.15) is 6.10 Å². The number of amides is 1. The molecule has 0 saturated heterocycles. The van der Waals surface area contributed by atoms with Crippen LogP contribution in [0.1, 0.15) is 252 Å². The molecule has 374 valence electrons. The highest BCUT2D eigenvalue weighted by Gasteiger charge is 2.24. The van der Waals surface area contributed by atoms with E-state index in [9.17, 15) is 19.8 Å². The van der Waals surface area contributed by atoms with Gasteiger partial charge in [0, 0.05) is 6.42 Å². The number of hydrogen-bond acceptors (Lipinski definition) is 5. The minimum absolute atomic E-state index is 0.0202. The van der Waals surface area contributed by atoms with Crippen molar-refractivity contribution in [3.05, 3.63) is 85.1 Å². The largest absolute Gasteiger partial charge is 0.462 e. The zero-order chi connectivity index (χ0) is 47.4. The minimum atomic E-state index is -0.813. The molecule has 0 saturated carbocycles. The Kier molecular flexibility index (Phi) is 49.6. The Hall–Kier alpha value is -2.96. The van der Waals surface area contributed by atoms with E-state index in [4.69, 9.17) is 4.74 Å². The molecule has 3 N–H and O–H groups in total. The van der Waals surface area contributed by atoms with Crippen LogP contribution in [0.3, 0.4) is 0 Å². The molecule has 0 aliphatic carbocycles. The number of carbonyl (C=O) groups is 2. The van der Waals surface area contributed by atoms with Crippen molar-refractivity contribution >= 4 is 11.9 Å². The van der Waals surface area contributed by atoms with Gasteiger partial charge in [0.25, 0.3) is 0 Å². The molecule has 1 amide bonds. The minimum Gasteiger partial charge on any atom is -0.462 e. The number of hydrogen-bond donors (Lipinski definition) is 3. The molecule has 0 aromatic heterocycles. The molecule has 3 atom stereocenters. The number of rotatable bonds is 48. The van der Waals surface area contributed by atoms with E-state index < -0.39 is 18.2 Å². The van der Waals surface area contributed by atoms with Crippen LogP contribution in [0, 0.1) is 0 Å². The van der Waals surface area contributed by atoms with E-state index in [1.807, 2.05) is 60.8 Å². The van der Waals surface area contributed by atoms with Crippen molar-refractivity contribution in [3.8, 4) is 0 Å². The Balaban J connectivity index is 4.70. The summed E-state index contributed by atoms with van der Waals surface area (Å²) in [5, 5.41) is 23.8. The van der Waals surface area contributed by atoms with Gasteiger partial charge in [0.05, 0.1) is 25.2 Å². The van der Waals surface area contributed by atoms with Crippen LogP contribution in [0.15, 0.2) is 85.1 Å². The second-order valence-electron chi connectivity index (χ2n) is 18.4. The number of ether oxygens (including phenoxy) is 1. The third-order valence-corrected chi connectivity index (χ3v) is 12.1. The molecule has 0 aromatic rings. The number of esters is 1. The van der Waals surface area contributed by atoms with Gasteiger partial charge in [0.15, 0.2) is 0 Å². The van der Waals surface area contributed by atoms with Crippen LogP contribution in [-0.2, 0) is 14.3 Å². The molecule has 0 fully saturated rings. The molecule has 0 rings (SSSR count). The van der Waals surface area contributed by atoms with E-state index in [2.05, 4.69) is 50.4 Å². The second kappa shape index (κ2) is 52.0. The van der Waals surface area contributed by atoms with Crippen molar-refractivity contribution in [1.29, 1.82) is 0 Å². The first kappa shape index (κ1) is 62.0. The number of carbonyl (C=O) groups excluding carboxylic acids is 2.